The van der Waals surface area contributed by atoms with E-state index in [0.717, 1.165) is 24.9 Å². The molecule has 3 nitrogen and oxygen atoms in total. The molecule has 2 aliphatic rings. The van der Waals surface area contributed by atoms with Crippen molar-refractivity contribution in [2.24, 2.45) is 5.41 Å². The summed E-state index contributed by atoms with van der Waals surface area (Å²) in [6.07, 6.45) is 3.53. The number of hydrogen-bond donors (Lipinski definition) is 0. The van der Waals surface area contributed by atoms with Gasteiger partial charge in [-0.15, -0.1) is 0 Å². The fourth-order valence-corrected chi connectivity index (χ4v) is 3.41. The summed E-state index contributed by atoms with van der Waals surface area (Å²) in [7, 11) is 2.22. The maximum Gasteiger partial charge on any atom is 0.150 e. The standard InChI is InChI=1S/C15H20N2O/c1-16-8-6-15(11-16)7-9-17(12-15)14-4-2-13(10-18)3-5-14/h2-5,10H,6-9,11-12H2,1H3. The molecule has 1 aromatic rings. The molecule has 1 aromatic carbocycles. The summed E-state index contributed by atoms with van der Waals surface area (Å²) >= 11 is 0. The summed E-state index contributed by atoms with van der Waals surface area (Å²) in [5, 5.41) is 0. The number of rotatable bonds is 2. The third kappa shape index (κ3) is 2.03. The summed E-state index contributed by atoms with van der Waals surface area (Å²) < 4.78 is 0. The van der Waals surface area contributed by atoms with Crippen molar-refractivity contribution in [3.63, 3.8) is 0 Å². The molecule has 0 amide bonds. The van der Waals surface area contributed by atoms with Gasteiger partial charge in [-0.1, -0.05) is 0 Å². The number of nitrogens with zero attached hydrogens (tertiary/aromatic N) is 2. The first kappa shape index (κ1) is 11.7. The number of benzene rings is 1. The summed E-state index contributed by atoms with van der Waals surface area (Å²) in [6, 6.07) is 7.96. The van der Waals surface area contributed by atoms with Crippen molar-refractivity contribution in [1.29, 1.82) is 0 Å². The van der Waals surface area contributed by atoms with E-state index in [1.54, 1.807) is 0 Å². The SMILES string of the molecule is CN1CCC2(CCN(c3ccc(C=O)cc3)C2)C1. The minimum atomic E-state index is 0.512. The third-order valence-electron chi connectivity index (χ3n) is 4.46. The number of aldehydes is 1. The highest BCUT2D eigenvalue weighted by molar-refractivity contribution is 5.75. The molecule has 0 aromatic heterocycles. The second-order valence-corrected chi connectivity index (χ2v) is 5.87. The molecule has 0 bridgehead atoms. The first-order valence-corrected chi connectivity index (χ1v) is 6.70. The Bertz CT molecular complexity index is 442. The van der Waals surface area contributed by atoms with Gasteiger partial charge in [0, 0.05) is 36.3 Å². The van der Waals surface area contributed by atoms with E-state index in [2.05, 4.69) is 29.0 Å². The molecule has 2 heterocycles. The van der Waals surface area contributed by atoms with Crippen LogP contribution >= 0.6 is 0 Å². The Labute approximate surface area is 108 Å². The predicted molar refractivity (Wildman–Crippen MR) is 73.2 cm³/mol. The zero-order valence-electron chi connectivity index (χ0n) is 10.9. The average molecular weight is 244 g/mol. The van der Waals surface area contributed by atoms with Crippen molar-refractivity contribution in [2.45, 2.75) is 12.8 Å². The van der Waals surface area contributed by atoms with Crippen molar-refractivity contribution in [3.8, 4) is 0 Å². The van der Waals surface area contributed by atoms with Crippen LogP contribution in [0.5, 0.6) is 0 Å². The molecule has 18 heavy (non-hydrogen) atoms. The topological polar surface area (TPSA) is 23.6 Å². The fraction of sp³-hybridized carbons (Fsp3) is 0.533. The van der Waals surface area contributed by atoms with E-state index in [9.17, 15) is 4.79 Å². The number of carbonyl (C=O) groups excluding carboxylic acids is 1. The number of anilines is 1. The normalized spacial score (nSPS) is 28.2. The summed E-state index contributed by atoms with van der Waals surface area (Å²) in [5.74, 6) is 0. The average Bonchev–Trinajstić information content (AvgIpc) is 2.97. The van der Waals surface area contributed by atoms with Gasteiger partial charge in [0.2, 0.25) is 0 Å². The van der Waals surface area contributed by atoms with E-state index >= 15 is 0 Å². The Morgan fingerprint density at radius 3 is 2.44 bits per heavy atom. The Morgan fingerprint density at radius 2 is 1.83 bits per heavy atom. The molecule has 0 saturated carbocycles. The van der Waals surface area contributed by atoms with E-state index in [0.29, 0.717) is 5.41 Å². The summed E-state index contributed by atoms with van der Waals surface area (Å²) in [6.45, 7) is 4.78. The van der Waals surface area contributed by atoms with Crippen molar-refractivity contribution >= 4 is 12.0 Å². The van der Waals surface area contributed by atoms with Gasteiger partial charge in [-0.05, 0) is 50.7 Å². The Kier molecular flexibility index (Phi) is 2.86. The Balaban J connectivity index is 1.73. The molecule has 0 aliphatic carbocycles. The van der Waals surface area contributed by atoms with Crippen LogP contribution in [0.25, 0.3) is 0 Å². The molecular weight excluding hydrogens is 224 g/mol. The lowest BCUT2D eigenvalue weighted by atomic mass is 9.86. The molecule has 0 radical (unpaired) electrons. The quantitative estimate of drug-likeness (QED) is 0.744. The maximum atomic E-state index is 10.7. The molecular formula is C15H20N2O. The van der Waals surface area contributed by atoms with Crippen LogP contribution in [0.2, 0.25) is 0 Å². The largest absolute Gasteiger partial charge is 0.371 e. The van der Waals surface area contributed by atoms with Crippen LogP contribution in [0.1, 0.15) is 23.2 Å². The number of carbonyl (C=O) groups is 1. The first-order chi connectivity index (χ1) is 8.71. The van der Waals surface area contributed by atoms with Crippen molar-refractivity contribution in [1.82, 2.24) is 4.90 Å². The number of likely N-dealkylation sites (tertiary alicyclic amines) is 1. The lowest BCUT2D eigenvalue weighted by molar-refractivity contribution is 0.112. The fourth-order valence-electron chi connectivity index (χ4n) is 3.41. The van der Waals surface area contributed by atoms with Crippen molar-refractivity contribution in [2.75, 3.05) is 38.1 Å². The van der Waals surface area contributed by atoms with Crippen LogP contribution in [0.15, 0.2) is 24.3 Å². The van der Waals surface area contributed by atoms with E-state index < -0.39 is 0 Å². The highest BCUT2D eigenvalue weighted by Crippen LogP contribution is 2.40. The molecule has 3 heteroatoms. The van der Waals surface area contributed by atoms with Gasteiger partial charge in [0.1, 0.15) is 6.29 Å². The highest BCUT2D eigenvalue weighted by Gasteiger charge is 2.42. The van der Waals surface area contributed by atoms with Crippen LogP contribution in [0, 0.1) is 5.41 Å². The van der Waals surface area contributed by atoms with Gasteiger partial charge in [0.15, 0.2) is 0 Å². The summed E-state index contributed by atoms with van der Waals surface area (Å²) in [5.41, 5.74) is 2.53. The van der Waals surface area contributed by atoms with Crippen LogP contribution in [0.3, 0.4) is 0 Å². The Morgan fingerprint density at radius 1 is 1.11 bits per heavy atom. The predicted octanol–water partition coefficient (Wildman–Crippen LogP) is 2.03. The van der Waals surface area contributed by atoms with Gasteiger partial charge < -0.3 is 9.80 Å². The molecule has 2 fully saturated rings. The van der Waals surface area contributed by atoms with Gasteiger partial charge in [-0.2, -0.15) is 0 Å². The second-order valence-electron chi connectivity index (χ2n) is 5.87. The first-order valence-electron chi connectivity index (χ1n) is 6.70. The third-order valence-corrected chi connectivity index (χ3v) is 4.46. The van der Waals surface area contributed by atoms with Crippen LogP contribution < -0.4 is 4.90 Å². The Hall–Kier alpha value is -1.35. The molecule has 1 spiro atoms. The van der Waals surface area contributed by atoms with Gasteiger partial charge in [-0.3, -0.25) is 4.79 Å². The van der Waals surface area contributed by atoms with E-state index in [1.807, 2.05) is 12.1 Å². The molecule has 96 valence electrons. The van der Waals surface area contributed by atoms with E-state index in [4.69, 9.17) is 0 Å². The lowest BCUT2D eigenvalue weighted by Gasteiger charge is -2.25. The van der Waals surface area contributed by atoms with Crippen LogP contribution in [-0.2, 0) is 0 Å². The number of hydrogen-bond acceptors (Lipinski definition) is 3. The second kappa shape index (κ2) is 4.39. The van der Waals surface area contributed by atoms with Gasteiger partial charge in [0.25, 0.3) is 0 Å². The highest BCUT2D eigenvalue weighted by atomic mass is 16.1. The van der Waals surface area contributed by atoms with Gasteiger partial charge in [0.05, 0.1) is 0 Å². The van der Waals surface area contributed by atoms with Crippen LogP contribution in [0.4, 0.5) is 5.69 Å². The summed E-state index contributed by atoms with van der Waals surface area (Å²) in [4.78, 5) is 15.6. The molecule has 0 N–H and O–H groups in total. The zero-order chi connectivity index (χ0) is 12.6. The molecule has 1 atom stereocenters. The van der Waals surface area contributed by atoms with E-state index in [1.165, 1.54) is 31.6 Å². The smallest absolute Gasteiger partial charge is 0.150 e. The zero-order valence-corrected chi connectivity index (χ0v) is 10.9. The van der Waals surface area contributed by atoms with E-state index in [-0.39, 0.29) is 0 Å². The molecule has 2 aliphatic heterocycles. The maximum absolute atomic E-state index is 10.7. The monoisotopic (exact) mass is 244 g/mol. The molecule has 2 saturated heterocycles. The van der Waals surface area contributed by atoms with Crippen molar-refractivity contribution in [3.05, 3.63) is 29.8 Å². The molecule has 3 rings (SSSR count). The van der Waals surface area contributed by atoms with Gasteiger partial charge >= 0.3 is 0 Å². The lowest BCUT2D eigenvalue weighted by Crippen LogP contribution is -2.29. The molecule has 1 unspecified atom stereocenters. The minimum Gasteiger partial charge on any atom is -0.371 e. The van der Waals surface area contributed by atoms with Crippen LogP contribution in [-0.4, -0.2) is 44.4 Å². The van der Waals surface area contributed by atoms with Crippen molar-refractivity contribution < 1.29 is 4.79 Å². The van der Waals surface area contributed by atoms with Gasteiger partial charge in [-0.25, -0.2) is 0 Å². The minimum absolute atomic E-state index is 0.512.